The summed E-state index contributed by atoms with van der Waals surface area (Å²) >= 11 is 0. The summed E-state index contributed by atoms with van der Waals surface area (Å²) in [7, 11) is 0. The van der Waals surface area contributed by atoms with Crippen LogP contribution in [0.4, 0.5) is 0 Å². The molecule has 1 nitrogen and oxygen atoms in total. The van der Waals surface area contributed by atoms with Crippen LogP contribution in [0, 0.1) is 0 Å². The highest BCUT2D eigenvalue weighted by molar-refractivity contribution is 5.61. The number of carbonyl (C=O) groups is 1. The van der Waals surface area contributed by atoms with Crippen LogP contribution in [-0.2, 0) is 4.79 Å². The molecule has 1 aromatic rings. The summed E-state index contributed by atoms with van der Waals surface area (Å²) < 4.78 is 0. The lowest BCUT2D eigenvalue weighted by molar-refractivity contribution is -0.108. The van der Waals surface area contributed by atoms with Gasteiger partial charge >= 0.3 is 0 Å². The van der Waals surface area contributed by atoms with Crippen LogP contribution in [0.2, 0.25) is 0 Å². The molecule has 1 heteroatoms. The number of benzene rings is 1. The maximum absolute atomic E-state index is 10.6. The van der Waals surface area contributed by atoms with Crippen molar-refractivity contribution in [1.82, 2.24) is 0 Å². The zero-order chi connectivity index (χ0) is 10.6. The maximum Gasteiger partial charge on any atom is 0.127 e. The molecule has 2 atom stereocenters. The van der Waals surface area contributed by atoms with Crippen LogP contribution in [0.5, 0.6) is 0 Å². The summed E-state index contributed by atoms with van der Waals surface area (Å²) in [5.74, 6) is 0.320. The van der Waals surface area contributed by atoms with E-state index < -0.39 is 0 Å². The first-order valence-corrected chi connectivity index (χ1v) is 4.86. The molecule has 0 saturated carbocycles. The van der Waals surface area contributed by atoms with Crippen molar-refractivity contribution in [2.24, 2.45) is 0 Å². The van der Waals surface area contributed by atoms with Gasteiger partial charge in [0.25, 0.3) is 0 Å². The second kappa shape index (κ2) is 4.75. The minimum absolute atomic E-state index is 0.0213. The summed E-state index contributed by atoms with van der Waals surface area (Å²) in [6.45, 7) is 7.76. The number of hydrogen-bond acceptors (Lipinski definition) is 1. The van der Waals surface area contributed by atoms with E-state index >= 15 is 0 Å². The molecule has 1 aromatic carbocycles. The Kier molecular flexibility index (Phi) is 3.63. The highest BCUT2D eigenvalue weighted by Gasteiger charge is 2.06. The Bertz CT molecular complexity index is 299. The number of carbonyl (C=O) groups excluding carboxylic acids is 1. The van der Waals surface area contributed by atoms with E-state index in [0.717, 1.165) is 11.8 Å². The van der Waals surface area contributed by atoms with Gasteiger partial charge in [0.2, 0.25) is 0 Å². The van der Waals surface area contributed by atoms with E-state index in [-0.39, 0.29) is 5.92 Å². The fraction of sp³-hybridized carbons (Fsp3) is 0.308. The summed E-state index contributed by atoms with van der Waals surface area (Å²) in [5, 5.41) is 0. The summed E-state index contributed by atoms with van der Waals surface area (Å²) in [4.78, 5) is 10.6. The van der Waals surface area contributed by atoms with Crippen LogP contribution in [0.25, 0.3) is 0 Å². The van der Waals surface area contributed by atoms with Crippen LogP contribution in [-0.4, -0.2) is 6.29 Å². The third-order valence-corrected chi connectivity index (χ3v) is 2.52. The monoisotopic (exact) mass is 188 g/mol. The maximum atomic E-state index is 10.6. The van der Waals surface area contributed by atoms with Crippen molar-refractivity contribution in [3.8, 4) is 0 Å². The average Bonchev–Trinajstić information content (AvgIpc) is 2.27. The second-order valence-corrected chi connectivity index (χ2v) is 3.62. The molecular weight excluding hydrogens is 172 g/mol. The molecule has 1 rings (SSSR count). The molecule has 0 spiro atoms. The molecule has 0 N–H and O–H groups in total. The Morgan fingerprint density at radius 3 is 2.29 bits per heavy atom. The van der Waals surface area contributed by atoms with Crippen LogP contribution < -0.4 is 0 Å². The zero-order valence-corrected chi connectivity index (χ0v) is 8.73. The lowest BCUT2D eigenvalue weighted by Gasteiger charge is -2.10. The Labute approximate surface area is 85.5 Å². The Balaban J connectivity index is 3.00. The van der Waals surface area contributed by atoms with Gasteiger partial charge in [-0.05, 0) is 17.0 Å². The predicted octanol–water partition coefficient (Wildman–Crippen LogP) is 3.28. The first-order valence-electron chi connectivity index (χ1n) is 4.86. The minimum Gasteiger partial charge on any atom is -0.303 e. The minimum atomic E-state index is -0.0213. The third kappa shape index (κ3) is 2.32. The first-order chi connectivity index (χ1) is 6.69. The van der Waals surface area contributed by atoms with E-state index in [1.165, 1.54) is 5.56 Å². The molecule has 0 fully saturated rings. The van der Waals surface area contributed by atoms with E-state index in [2.05, 4.69) is 25.6 Å². The number of rotatable bonds is 4. The van der Waals surface area contributed by atoms with Gasteiger partial charge in [0.1, 0.15) is 6.29 Å². The van der Waals surface area contributed by atoms with E-state index in [1.807, 2.05) is 25.1 Å². The van der Waals surface area contributed by atoms with Crippen molar-refractivity contribution in [3.05, 3.63) is 48.0 Å². The Hall–Kier alpha value is -1.37. The number of aldehydes is 1. The SMILES string of the molecule is C=CC(C)c1cccc(C(C)C=O)c1. The smallest absolute Gasteiger partial charge is 0.127 e. The van der Waals surface area contributed by atoms with Crippen molar-refractivity contribution < 1.29 is 4.79 Å². The van der Waals surface area contributed by atoms with Crippen molar-refractivity contribution in [3.63, 3.8) is 0 Å². The zero-order valence-electron chi connectivity index (χ0n) is 8.73. The van der Waals surface area contributed by atoms with Gasteiger partial charge in [0.05, 0.1) is 0 Å². The molecule has 0 bridgehead atoms. The van der Waals surface area contributed by atoms with E-state index in [9.17, 15) is 4.79 Å². The van der Waals surface area contributed by atoms with Gasteiger partial charge in [-0.2, -0.15) is 0 Å². The number of hydrogen-bond donors (Lipinski definition) is 0. The third-order valence-electron chi connectivity index (χ3n) is 2.52. The molecule has 0 aliphatic heterocycles. The molecule has 0 aliphatic rings. The molecule has 0 aliphatic carbocycles. The second-order valence-electron chi connectivity index (χ2n) is 3.62. The first kappa shape index (κ1) is 10.7. The molecular formula is C13H16O. The highest BCUT2D eigenvalue weighted by atomic mass is 16.1. The number of allylic oxidation sites excluding steroid dienone is 1. The molecule has 0 aromatic heterocycles. The topological polar surface area (TPSA) is 17.1 Å². The van der Waals surface area contributed by atoms with Gasteiger partial charge in [-0.3, -0.25) is 0 Å². The molecule has 0 saturated heterocycles. The Morgan fingerprint density at radius 2 is 1.79 bits per heavy atom. The lowest BCUT2D eigenvalue weighted by Crippen LogP contribution is -1.96. The van der Waals surface area contributed by atoms with Crippen LogP contribution in [0.15, 0.2) is 36.9 Å². The quantitative estimate of drug-likeness (QED) is 0.523. The molecule has 0 radical (unpaired) electrons. The van der Waals surface area contributed by atoms with Crippen molar-refractivity contribution in [1.29, 1.82) is 0 Å². The predicted molar refractivity (Wildman–Crippen MR) is 59.5 cm³/mol. The molecule has 0 amide bonds. The fourth-order valence-electron chi connectivity index (χ4n) is 1.34. The molecule has 2 unspecified atom stereocenters. The van der Waals surface area contributed by atoms with Crippen molar-refractivity contribution in [2.45, 2.75) is 25.7 Å². The summed E-state index contributed by atoms with van der Waals surface area (Å²) in [6.07, 6.45) is 2.88. The molecule has 74 valence electrons. The molecule has 0 heterocycles. The normalized spacial score (nSPS) is 14.4. The van der Waals surface area contributed by atoms with Gasteiger partial charge in [-0.1, -0.05) is 44.2 Å². The highest BCUT2D eigenvalue weighted by Crippen LogP contribution is 2.20. The Morgan fingerprint density at radius 1 is 1.21 bits per heavy atom. The van der Waals surface area contributed by atoms with Crippen molar-refractivity contribution in [2.75, 3.05) is 0 Å². The van der Waals surface area contributed by atoms with E-state index in [4.69, 9.17) is 0 Å². The van der Waals surface area contributed by atoms with Gasteiger partial charge in [-0.25, -0.2) is 0 Å². The van der Waals surface area contributed by atoms with Crippen molar-refractivity contribution >= 4 is 6.29 Å². The average molecular weight is 188 g/mol. The van der Waals surface area contributed by atoms with Crippen LogP contribution in [0.1, 0.15) is 36.8 Å². The van der Waals surface area contributed by atoms with Gasteiger partial charge in [0, 0.05) is 5.92 Å². The molecule has 14 heavy (non-hydrogen) atoms. The van der Waals surface area contributed by atoms with Crippen LogP contribution >= 0.6 is 0 Å². The van der Waals surface area contributed by atoms with Gasteiger partial charge < -0.3 is 4.79 Å². The van der Waals surface area contributed by atoms with Crippen LogP contribution in [0.3, 0.4) is 0 Å². The summed E-state index contributed by atoms with van der Waals surface area (Å²) in [5.41, 5.74) is 2.29. The summed E-state index contributed by atoms with van der Waals surface area (Å²) in [6, 6.07) is 8.11. The largest absolute Gasteiger partial charge is 0.303 e. The van der Waals surface area contributed by atoms with E-state index in [1.54, 1.807) is 0 Å². The lowest BCUT2D eigenvalue weighted by atomic mass is 9.95. The van der Waals surface area contributed by atoms with E-state index in [0.29, 0.717) is 5.92 Å². The van der Waals surface area contributed by atoms with Gasteiger partial charge in [-0.15, -0.1) is 6.58 Å². The fourth-order valence-corrected chi connectivity index (χ4v) is 1.34. The standard InChI is InChI=1S/C13H16O/c1-4-10(2)12-6-5-7-13(8-12)11(3)9-14/h4-11H,1H2,2-3H3. The van der Waals surface area contributed by atoms with Gasteiger partial charge in [0.15, 0.2) is 0 Å².